The zero-order chi connectivity index (χ0) is 12.0. The number of amides is 1. The van der Waals surface area contributed by atoms with Crippen molar-refractivity contribution in [3.8, 4) is 0 Å². The summed E-state index contributed by atoms with van der Waals surface area (Å²) in [5.41, 5.74) is 0. The molecular weight excluding hydrogens is 200 g/mol. The van der Waals surface area contributed by atoms with Crippen molar-refractivity contribution < 1.29 is 4.79 Å². The van der Waals surface area contributed by atoms with Gasteiger partial charge in [-0.05, 0) is 31.2 Å². The molecule has 0 radical (unpaired) electrons. The highest BCUT2D eigenvalue weighted by Gasteiger charge is 2.16. The van der Waals surface area contributed by atoms with Crippen LogP contribution in [0.15, 0.2) is 0 Å². The van der Waals surface area contributed by atoms with Crippen molar-refractivity contribution in [1.29, 1.82) is 0 Å². The lowest BCUT2D eigenvalue weighted by atomic mass is 10.0. The third kappa shape index (κ3) is 5.50. The maximum atomic E-state index is 11.5. The molecule has 1 fully saturated rings. The van der Waals surface area contributed by atoms with Crippen molar-refractivity contribution in [2.75, 3.05) is 26.2 Å². The van der Waals surface area contributed by atoms with Crippen molar-refractivity contribution in [3.63, 3.8) is 0 Å². The zero-order valence-corrected chi connectivity index (χ0v) is 11.0. The summed E-state index contributed by atoms with van der Waals surface area (Å²) in [6.07, 6.45) is 3.28. The van der Waals surface area contributed by atoms with Gasteiger partial charge in [0.1, 0.15) is 0 Å². The monoisotopic (exact) mass is 226 g/mol. The summed E-state index contributed by atoms with van der Waals surface area (Å²) < 4.78 is 0. The van der Waals surface area contributed by atoms with Gasteiger partial charge in [-0.2, -0.15) is 0 Å². The van der Waals surface area contributed by atoms with Crippen LogP contribution in [0.4, 0.5) is 0 Å². The summed E-state index contributed by atoms with van der Waals surface area (Å²) in [6.45, 7) is 10.6. The largest absolute Gasteiger partial charge is 0.356 e. The summed E-state index contributed by atoms with van der Waals surface area (Å²) in [4.78, 5) is 14.0. The number of piperidine rings is 1. The van der Waals surface area contributed by atoms with E-state index in [-0.39, 0.29) is 5.91 Å². The topological polar surface area (TPSA) is 32.3 Å². The first-order valence-corrected chi connectivity index (χ1v) is 6.57. The van der Waals surface area contributed by atoms with Crippen LogP contribution in [0.3, 0.4) is 0 Å². The quantitative estimate of drug-likeness (QED) is 0.776. The SMILES string of the molecule is CC(C)CNC(=O)CCN1CCCC(C)C1. The zero-order valence-electron chi connectivity index (χ0n) is 11.0. The predicted molar refractivity (Wildman–Crippen MR) is 67.3 cm³/mol. The summed E-state index contributed by atoms with van der Waals surface area (Å²) >= 11 is 0. The van der Waals surface area contributed by atoms with E-state index in [9.17, 15) is 4.79 Å². The lowest BCUT2D eigenvalue weighted by Crippen LogP contribution is -2.37. The molecule has 0 aromatic heterocycles. The number of likely N-dealkylation sites (tertiary alicyclic amines) is 1. The second kappa shape index (κ2) is 6.89. The van der Waals surface area contributed by atoms with Crippen LogP contribution in [0.25, 0.3) is 0 Å². The number of hydrogen-bond acceptors (Lipinski definition) is 2. The Bertz CT molecular complexity index is 216. The fraction of sp³-hybridized carbons (Fsp3) is 0.923. The summed E-state index contributed by atoms with van der Waals surface area (Å²) in [7, 11) is 0. The standard InChI is InChI=1S/C13H26N2O/c1-11(2)9-14-13(16)6-8-15-7-4-5-12(3)10-15/h11-12H,4-10H2,1-3H3,(H,14,16). The van der Waals surface area contributed by atoms with E-state index in [1.807, 2.05) is 0 Å². The highest BCUT2D eigenvalue weighted by atomic mass is 16.1. The molecule has 1 amide bonds. The van der Waals surface area contributed by atoms with Crippen LogP contribution >= 0.6 is 0 Å². The normalized spacial score (nSPS) is 22.4. The molecule has 1 aliphatic rings. The van der Waals surface area contributed by atoms with Crippen LogP contribution in [-0.4, -0.2) is 37.0 Å². The number of nitrogens with one attached hydrogen (secondary N) is 1. The average molecular weight is 226 g/mol. The molecule has 0 spiro atoms. The first kappa shape index (κ1) is 13.5. The lowest BCUT2D eigenvalue weighted by molar-refractivity contribution is -0.121. The number of hydrogen-bond donors (Lipinski definition) is 1. The van der Waals surface area contributed by atoms with Gasteiger partial charge >= 0.3 is 0 Å². The molecule has 1 rings (SSSR count). The van der Waals surface area contributed by atoms with E-state index in [1.54, 1.807) is 0 Å². The molecule has 1 saturated heterocycles. The molecule has 3 heteroatoms. The number of nitrogens with zero attached hydrogens (tertiary/aromatic N) is 1. The first-order valence-electron chi connectivity index (χ1n) is 6.57. The Labute approximate surface area is 99.6 Å². The molecule has 1 heterocycles. The molecular formula is C13H26N2O. The Morgan fingerprint density at radius 1 is 1.50 bits per heavy atom. The molecule has 0 aromatic carbocycles. The first-order chi connectivity index (χ1) is 7.58. The second-order valence-electron chi connectivity index (χ2n) is 5.50. The number of carbonyl (C=O) groups is 1. The van der Waals surface area contributed by atoms with Gasteiger partial charge in [0.25, 0.3) is 0 Å². The van der Waals surface area contributed by atoms with Crippen LogP contribution in [-0.2, 0) is 4.79 Å². The van der Waals surface area contributed by atoms with Crippen LogP contribution in [0.2, 0.25) is 0 Å². The van der Waals surface area contributed by atoms with Crippen LogP contribution in [0.1, 0.15) is 40.0 Å². The Balaban J connectivity index is 2.11. The second-order valence-corrected chi connectivity index (χ2v) is 5.50. The van der Waals surface area contributed by atoms with Gasteiger partial charge in [0.15, 0.2) is 0 Å². The van der Waals surface area contributed by atoms with E-state index in [2.05, 4.69) is 31.0 Å². The van der Waals surface area contributed by atoms with Gasteiger partial charge in [-0.15, -0.1) is 0 Å². The fourth-order valence-corrected chi connectivity index (χ4v) is 2.16. The third-order valence-corrected chi connectivity index (χ3v) is 3.10. The average Bonchev–Trinajstić information content (AvgIpc) is 2.23. The maximum absolute atomic E-state index is 11.5. The molecule has 3 nitrogen and oxygen atoms in total. The summed E-state index contributed by atoms with van der Waals surface area (Å²) in [6, 6.07) is 0. The molecule has 1 unspecified atom stereocenters. The van der Waals surface area contributed by atoms with Gasteiger partial charge in [0.2, 0.25) is 5.91 Å². The summed E-state index contributed by atoms with van der Waals surface area (Å²) in [5.74, 6) is 1.54. The van der Waals surface area contributed by atoms with Gasteiger partial charge < -0.3 is 10.2 Å². The van der Waals surface area contributed by atoms with Gasteiger partial charge in [-0.1, -0.05) is 20.8 Å². The molecule has 0 aromatic rings. The fourth-order valence-electron chi connectivity index (χ4n) is 2.16. The highest BCUT2D eigenvalue weighted by molar-refractivity contribution is 5.76. The van der Waals surface area contributed by atoms with Crippen molar-refractivity contribution >= 4 is 5.91 Å². The van der Waals surface area contributed by atoms with Crippen LogP contribution in [0.5, 0.6) is 0 Å². The minimum atomic E-state index is 0.201. The predicted octanol–water partition coefficient (Wildman–Crippen LogP) is 1.88. The van der Waals surface area contributed by atoms with Gasteiger partial charge in [0.05, 0.1) is 0 Å². The Kier molecular flexibility index (Phi) is 5.81. The minimum absolute atomic E-state index is 0.201. The molecule has 1 atom stereocenters. The molecule has 94 valence electrons. The van der Waals surface area contributed by atoms with Crippen molar-refractivity contribution in [3.05, 3.63) is 0 Å². The van der Waals surface area contributed by atoms with Gasteiger partial charge in [-0.25, -0.2) is 0 Å². The molecule has 0 saturated carbocycles. The van der Waals surface area contributed by atoms with E-state index < -0.39 is 0 Å². The van der Waals surface area contributed by atoms with E-state index in [0.29, 0.717) is 12.3 Å². The highest BCUT2D eigenvalue weighted by Crippen LogP contribution is 2.15. The Morgan fingerprint density at radius 3 is 2.88 bits per heavy atom. The minimum Gasteiger partial charge on any atom is -0.356 e. The van der Waals surface area contributed by atoms with E-state index in [0.717, 1.165) is 25.6 Å². The van der Waals surface area contributed by atoms with E-state index >= 15 is 0 Å². The molecule has 16 heavy (non-hydrogen) atoms. The number of rotatable bonds is 5. The van der Waals surface area contributed by atoms with Crippen LogP contribution < -0.4 is 5.32 Å². The van der Waals surface area contributed by atoms with Gasteiger partial charge in [0, 0.05) is 26.1 Å². The van der Waals surface area contributed by atoms with Gasteiger partial charge in [-0.3, -0.25) is 4.79 Å². The maximum Gasteiger partial charge on any atom is 0.221 e. The van der Waals surface area contributed by atoms with Crippen molar-refractivity contribution in [2.45, 2.75) is 40.0 Å². The van der Waals surface area contributed by atoms with Crippen molar-refractivity contribution in [1.82, 2.24) is 10.2 Å². The Hall–Kier alpha value is -0.570. The van der Waals surface area contributed by atoms with Crippen LogP contribution in [0, 0.1) is 11.8 Å². The lowest BCUT2D eigenvalue weighted by Gasteiger charge is -2.30. The van der Waals surface area contributed by atoms with E-state index in [1.165, 1.54) is 19.4 Å². The number of carbonyl (C=O) groups excluding carboxylic acids is 1. The summed E-state index contributed by atoms with van der Waals surface area (Å²) in [5, 5.41) is 2.97. The molecule has 0 bridgehead atoms. The smallest absolute Gasteiger partial charge is 0.221 e. The molecule has 0 aliphatic carbocycles. The van der Waals surface area contributed by atoms with E-state index in [4.69, 9.17) is 0 Å². The Morgan fingerprint density at radius 2 is 2.25 bits per heavy atom. The molecule has 1 aliphatic heterocycles. The third-order valence-electron chi connectivity index (χ3n) is 3.10. The van der Waals surface area contributed by atoms with Crippen molar-refractivity contribution in [2.24, 2.45) is 11.8 Å². The molecule has 1 N–H and O–H groups in total.